The van der Waals surface area contributed by atoms with E-state index >= 15 is 0 Å². The number of nitrogens with zero attached hydrogens (tertiary/aromatic N) is 1. The quantitative estimate of drug-likeness (QED) is 0.641. The highest BCUT2D eigenvalue weighted by Gasteiger charge is 2.05. The molecule has 0 aliphatic heterocycles. The normalized spacial score (nSPS) is 10.7. The van der Waals surface area contributed by atoms with Gasteiger partial charge in [-0.05, 0) is 50.1 Å². The predicted molar refractivity (Wildman–Crippen MR) is 77.8 cm³/mol. The van der Waals surface area contributed by atoms with Crippen molar-refractivity contribution >= 4 is 5.69 Å². The molecule has 1 aromatic rings. The van der Waals surface area contributed by atoms with E-state index in [2.05, 4.69) is 4.90 Å². The van der Waals surface area contributed by atoms with E-state index in [1.807, 2.05) is 12.1 Å². The molecule has 0 fully saturated rings. The van der Waals surface area contributed by atoms with Crippen LogP contribution in [0.25, 0.3) is 0 Å². The van der Waals surface area contributed by atoms with Gasteiger partial charge in [-0.3, -0.25) is 0 Å². The third-order valence-electron chi connectivity index (χ3n) is 3.16. The molecule has 0 aliphatic rings. The monoisotopic (exact) mass is 268 g/mol. The number of unbranched alkanes of at least 4 members (excludes halogenated alkanes) is 3. The first-order valence-electron chi connectivity index (χ1n) is 7.09. The van der Waals surface area contributed by atoms with Crippen molar-refractivity contribution < 1.29 is 9.50 Å². The lowest BCUT2D eigenvalue weighted by Gasteiger charge is -2.24. The number of hydrogen-bond acceptors (Lipinski definition) is 3. The second-order valence-electron chi connectivity index (χ2n) is 4.74. The Morgan fingerprint density at radius 1 is 0.947 bits per heavy atom. The molecule has 0 bridgehead atoms. The maximum Gasteiger partial charge on any atom is 0.123 e. The summed E-state index contributed by atoms with van der Waals surface area (Å²) in [6, 6.07) is 6.63. The lowest BCUT2D eigenvalue weighted by molar-refractivity contribution is 0.282. The summed E-state index contributed by atoms with van der Waals surface area (Å²) in [5.41, 5.74) is 6.61. The van der Waals surface area contributed by atoms with E-state index in [1.54, 1.807) is 0 Å². The maximum atomic E-state index is 12.9. The standard InChI is InChI=1S/C15H25FN2O/c16-14-6-8-15(9-7-14)18(12-5-10-17)11-3-1-2-4-13-19/h6-9,19H,1-5,10-13,17H2. The van der Waals surface area contributed by atoms with Crippen LogP contribution in [0.5, 0.6) is 0 Å². The molecular weight excluding hydrogens is 243 g/mol. The van der Waals surface area contributed by atoms with Crippen molar-refractivity contribution in [2.45, 2.75) is 32.1 Å². The number of nitrogens with two attached hydrogens (primary N) is 1. The molecule has 0 unspecified atom stereocenters. The van der Waals surface area contributed by atoms with E-state index < -0.39 is 0 Å². The van der Waals surface area contributed by atoms with Crippen molar-refractivity contribution in [3.05, 3.63) is 30.1 Å². The molecule has 0 amide bonds. The average Bonchev–Trinajstić information content (AvgIpc) is 2.43. The van der Waals surface area contributed by atoms with Gasteiger partial charge < -0.3 is 15.7 Å². The van der Waals surface area contributed by atoms with E-state index in [-0.39, 0.29) is 12.4 Å². The van der Waals surface area contributed by atoms with Gasteiger partial charge in [0.05, 0.1) is 0 Å². The number of benzene rings is 1. The third kappa shape index (κ3) is 6.55. The van der Waals surface area contributed by atoms with Crippen molar-refractivity contribution in [2.24, 2.45) is 5.73 Å². The maximum absolute atomic E-state index is 12.9. The smallest absolute Gasteiger partial charge is 0.123 e. The summed E-state index contributed by atoms with van der Waals surface area (Å²) in [6.07, 6.45) is 5.07. The highest BCUT2D eigenvalue weighted by molar-refractivity contribution is 5.46. The first-order valence-corrected chi connectivity index (χ1v) is 7.09. The number of rotatable bonds is 10. The lowest BCUT2D eigenvalue weighted by Crippen LogP contribution is -2.27. The predicted octanol–water partition coefficient (Wildman–Crippen LogP) is 2.53. The Morgan fingerprint density at radius 2 is 1.58 bits per heavy atom. The van der Waals surface area contributed by atoms with Crippen molar-refractivity contribution in [3.8, 4) is 0 Å². The highest BCUT2D eigenvalue weighted by Crippen LogP contribution is 2.16. The first-order chi connectivity index (χ1) is 9.27. The Balaban J connectivity index is 2.44. The van der Waals surface area contributed by atoms with Gasteiger partial charge in [0.1, 0.15) is 5.82 Å². The number of halogens is 1. The van der Waals surface area contributed by atoms with Crippen LogP contribution < -0.4 is 10.6 Å². The summed E-state index contributed by atoms with van der Waals surface area (Å²) in [5, 5.41) is 8.74. The first kappa shape index (κ1) is 15.9. The molecule has 0 atom stereocenters. The van der Waals surface area contributed by atoms with Crippen LogP contribution in [0, 0.1) is 5.82 Å². The zero-order chi connectivity index (χ0) is 13.9. The molecular formula is C15H25FN2O. The Kier molecular flexibility index (Phi) is 8.18. The van der Waals surface area contributed by atoms with Gasteiger partial charge in [0.25, 0.3) is 0 Å². The molecule has 1 rings (SSSR count). The minimum atomic E-state index is -0.203. The van der Waals surface area contributed by atoms with Crippen LogP contribution in [-0.4, -0.2) is 31.3 Å². The molecule has 0 heterocycles. The molecule has 3 N–H and O–H groups in total. The van der Waals surface area contributed by atoms with Crippen molar-refractivity contribution in [1.82, 2.24) is 0 Å². The van der Waals surface area contributed by atoms with Gasteiger partial charge in [-0.1, -0.05) is 12.8 Å². The van der Waals surface area contributed by atoms with Gasteiger partial charge in [-0.2, -0.15) is 0 Å². The fraction of sp³-hybridized carbons (Fsp3) is 0.600. The minimum absolute atomic E-state index is 0.203. The molecule has 0 saturated heterocycles. The van der Waals surface area contributed by atoms with Gasteiger partial charge in [-0.25, -0.2) is 4.39 Å². The molecule has 0 aromatic heterocycles. The number of aliphatic hydroxyl groups is 1. The van der Waals surface area contributed by atoms with Crippen LogP contribution in [-0.2, 0) is 0 Å². The lowest BCUT2D eigenvalue weighted by atomic mass is 10.1. The topological polar surface area (TPSA) is 49.5 Å². The Morgan fingerprint density at radius 3 is 2.21 bits per heavy atom. The van der Waals surface area contributed by atoms with Gasteiger partial charge in [0.15, 0.2) is 0 Å². The average molecular weight is 268 g/mol. The van der Waals surface area contributed by atoms with Gasteiger partial charge in [0.2, 0.25) is 0 Å². The minimum Gasteiger partial charge on any atom is -0.396 e. The molecule has 19 heavy (non-hydrogen) atoms. The molecule has 0 spiro atoms. The summed E-state index contributed by atoms with van der Waals surface area (Å²) in [4.78, 5) is 2.26. The summed E-state index contributed by atoms with van der Waals surface area (Å²) in [7, 11) is 0. The van der Waals surface area contributed by atoms with Crippen molar-refractivity contribution in [1.29, 1.82) is 0 Å². The van der Waals surface area contributed by atoms with Crippen LogP contribution in [0.2, 0.25) is 0 Å². The van der Waals surface area contributed by atoms with Crippen molar-refractivity contribution in [3.63, 3.8) is 0 Å². The number of hydrogen-bond donors (Lipinski definition) is 2. The van der Waals surface area contributed by atoms with Crippen LogP contribution in [0.4, 0.5) is 10.1 Å². The van der Waals surface area contributed by atoms with Crippen LogP contribution in [0.1, 0.15) is 32.1 Å². The van der Waals surface area contributed by atoms with E-state index in [9.17, 15) is 4.39 Å². The third-order valence-corrected chi connectivity index (χ3v) is 3.16. The summed E-state index contributed by atoms with van der Waals surface area (Å²) < 4.78 is 12.9. The second kappa shape index (κ2) is 9.75. The summed E-state index contributed by atoms with van der Waals surface area (Å²) in [6.45, 7) is 2.80. The zero-order valence-electron chi connectivity index (χ0n) is 11.5. The Labute approximate surface area is 115 Å². The van der Waals surface area contributed by atoms with Crippen LogP contribution in [0.3, 0.4) is 0 Å². The molecule has 0 aliphatic carbocycles. The van der Waals surface area contributed by atoms with E-state index in [1.165, 1.54) is 12.1 Å². The second-order valence-corrected chi connectivity index (χ2v) is 4.74. The Bertz CT molecular complexity index is 329. The van der Waals surface area contributed by atoms with Gasteiger partial charge in [0, 0.05) is 25.4 Å². The molecule has 4 heteroatoms. The number of aliphatic hydroxyl groups excluding tert-OH is 1. The van der Waals surface area contributed by atoms with Gasteiger partial charge in [-0.15, -0.1) is 0 Å². The SMILES string of the molecule is NCCCN(CCCCCCO)c1ccc(F)cc1. The van der Waals surface area contributed by atoms with Gasteiger partial charge >= 0.3 is 0 Å². The molecule has 3 nitrogen and oxygen atoms in total. The van der Waals surface area contributed by atoms with Crippen LogP contribution in [0.15, 0.2) is 24.3 Å². The molecule has 108 valence electrons. The Hall–Kier alpha value is -1.13. The zero-order valence-corrected chi connectivity index (χ0v) is 11.5. The summed E-state index contributed by atoms with van der Waals surface area (Å²) >= 11 is 0. The number of anilines is 1. The summed E-state index contributed by atoms with van der Waals surface area (Å²) in [5.74, 6) is -0.203. The largest absolute Gasteiger partial charge is 0.396 e. The van der Waals surface area contributed by atoms with E-state index in [0.717, 1.165) is 50.9 Å². The molecule has 1 aromatic carbocycles. The fourth-order valence-electron chi connectivity index (χ4n) is 2.07. The van der Waals surface area contributed by atoms with Crippen LogP contribution >= 0.6 is 0 Å². The molecule has 0 radical (unpaired) electrons. The highest BCUT2D eigenvalue weighted by atomic mass is 19.1. The van der Waals surface area contributed by atoms with E-state index in [0.29, 0.717) is 6.54 Å². The fourth-order valence-corrected chi connectivity index (χ4v) is 2.07. The molecule has 0 saturated carbocycles. The van der Waals surface area contributed by atoms with Crippen molar-refractivity contribution in [2.75, 3.05) is 31.1 Å². The van der Waals surface area contributed by atoms with E-state index in [4.69, 9.17) is 10.8 Å².